The Morgan fingerprint density at radius 1 is 1.21 bits per heavy atom. The van der Waals surface area contributed by atoms with Gasteiger partial charge in [-0.3, -0.25) is 5.43 Å². The summed E-state index contributed by atoms with van der Waals surface area (Å²) in [5.74, 6) is 0. The van der Waals surface area contributed by atoms with Gasteiger partial charge in [0, 0.05) is 12.1 Å². The summed E-state index contributed by atoms with van der Waals surface area (Å²) in [7, 11) is 0. The molecule has 0 spiro atoms. The van der Waals surface area contributed by atoms with Crippen molar-refractivity contribution in [1.29, 1.82) is 0 Å². The molecule has 0 saturated heterocycles. The molecule has 0 aliphatic rings. The molecule has 0 radical (unpaired) electrons. The standard InChI is InChI=1S/C15H15N3S/c1-2-10-16-15(19)18-17-11-13-8-5-7-12-6-3-4-9-14(12)13/h2-9,11H,1,10H2,(H2,16,18,19)/b17-11-. The SMILES string of the molecule is C=CCNC(=S)N/N=C\c1cccc2ccccc12. The topological polar surface area (TPSA) is 36.4 Å². The summed E-state index contributed by atoms with van der Waals surface area (Å²) in [6.45, 7) is 4.23. The Balaban J connectivity index is 2.09. The van der Waals surface area contributed by atoms with Crippen LogP contribution >= 0.6 is 12.2 Å². The number of nitrogens with zero attached hydrogens (tertiary/aromatic N) is 1. The van der Waals surface area contributed by atoms with Gasteiger partial charge >= 0.3 is 0 Å². The molecule has 0 saturated carbocycles. The number of fused-ring (bicyclic) bond motifs is 1. The summed E-state index contributed by atoms with van der Waals surface area (Å²) in [5, 5.41) is 9.92. The van der Waals surface area contributed by atoms with Gasteiger partial charge < -0.3 is 5.32 Å². The van der Waals surface area contributed by atoms with Gasteiger partial charge in [0.2, 0.25) is 0 Å². The zero-order valence-corrected chi connectivity index (χ0v) is 11.3. The zero-order chi connectivity index (χ0) is 13.5. The van der Waals surface area contributed by atoms with Crippen LogP contribution in [0.2, 0.25) is 0 Å². The monoisotopic (exact) mass is 269 g/mol. The Labute approximate surface area is 118 Å². The van der Waals surface area contributed by atoms with Crippen molar-refractivity contribution in [1.82, 2.24) is 10.7 Å². The van der Waals surface area contributed by atoms with E-state index in [1.807, 2.05) is 24.3 Å². The van der Waals surface area contributed by atoms with Crippen LogP contribution in [0.1, 0.15) is 5.56 Å². The average Bonchev–Trinajstić information content (AvgIpc) is 2.45. The summed E-state index contributed by atoms with van der Waals surface area (Å²) in [6, 6.07) is 14.3. The Hall–Kier alpha value is -2.20. The van der Waals surface area contributed by atoms with Crippen LogP contribution in [0.15, 0.2) is 60.2 Å². The molecule has 0 aromatic heterocycles. The predicted octanol–water partition coefficient (Wildman–Crippen LogP) is 2.82. The van der Waals surface area contributed by atoms with Crippen molar-refractivity contribution < 1.29 is 0 Å². The fourth-order valence-corrected chi connectivity index (χ4v) is 1.86. The van der Waals surface area contributed by atoms with Gasteiger partial charge in [-0.15, -0.1) is 6.58 Å². The minimum absolute atomic E-state index is 0.483. The molecule has 3 nitrogen and oxygen atoms in total. The van der Waals surface area contributed by atoms with E-state index >= 15 is 0 Å². The Morgan fingerprint density at radius 2 is 2.00 bits per heavy atom. The maximum atomic E-state index is 5.05. The summed E-state index contributed by atoms with van der Waals surface area (Å²) < 4.78 is 0. The second-order valence-electron chi connectivity index (χ2n) is 3.94. The molecule has 0 unspecified atom stereocenters. The fourth-order valence-electron chi connectivity index (χ4n) is 1.73. The largest absolute Gasteiger partial charge is 0.358 e. The first-order valence-electron chi connectivity index (χ1n) is 5.97. The molecule has 2 aromatic carbocycles. The molecule has 96 valence electrons. The highest BCUT2D eigenvalue weighted by Crippen LogP contribution is 2.16. The Morgan fingerprint density at radius 3 is 2.84 bits per heavy atom. The van der Waals surface area contributed by atoms with Crippen molar-refractivity contribution in [3.63, 3.8) is 0 Å². The molecule has 0 aliphatic carbocycles. The van der Waals surface area contributed by atoms with E-state index in [9.17, 15) is 0 Å². The number of hydrazone groups is 1. The van der Waals surface area contributed by atoms with Crippen molar-refractivity contribution in [2.24, 2.45) is 5.10 Å². The lowest BCUT2D eigenvalue weighted by atomic mass is 10.1. The zero-order valence-electron chi connectivity index (χ0n) is 10.5. The number of nitrogens with one attached hydrogen (secondary N) is 2. The molecule has 0 amide bonds. The van der Waals surface area contributed by atoms with E-state index in [0.29, 0.717) is 11.7 Å². The average molecular weight is 269 g/mol. The number of rotatable bonds is 4. The first-order chi connectivity index (χ1) is 9.31. The van der Waals surface area contributed by atoms with Crippen LogP contribution in [0, 0.1) is 0 Å². The second kappa shape index (κ2) is 6.66. The van der Waals surface area contributed by atoms with E-state index in [4.69, 9.17) is 12.2 Å². The molecule has 19 heavy (non-hydrogen) atoms. The highest BCUT2D eigenvalue weighted by atomic mass is 32.1. The molecule has 0 atom stereocenters. The van der Waals surface area contributed by atoms with Gasteiger partial charge in [0.1, 0.15) is 0 Å². The van der Waals surface area contributed by atoms with Crippen molar-refractivity contribution in [3.8, 4) is 0 Å². The third-order valence-corrected chi connectivity index (χ3v) is 2.84. The van der Waals surface area contributed by atoms with Crippen molar-refractivity contribution >= 4 is 34.3 Å². The quantitative estimate of drug-likeness (QED) is 0.388. The van der Waals surface area contributed by atoms with Crippen molar-refractivity contribution in [3.05, 3.63) is 60.7 Å². The van der Waals surface area contributed by atoms with Crippen LogP contribution in [-0.4, -0.2) is 17.9 Å². The fraction of sp³-hybridized carbons (Fsp3) is 0.0667. The lowest BCUT2D eigenvalue weighted by Gasteiger charge is -2.04. The van der Waals surface area contributed by atoms with Crippen LogP contribution in [0.5, 0.6) is 0 Å². The number of benzene rings is 2. The molecule has 0 fully saturated rings. The van der Waals surface area contributed by atoms with Crippen molar-refractivity contribution in [2.75, 3.05) is 6.54 Å². The van der Waals surface area contributed by atoms with Gasteiger partial charge in [0.25, 0.3) is 0 Å². The maximum absolute atomic E-state index is 5.05. The molecule has 2 rings (SSSR count). The third-order valence-electron chi connectivity index (χ3n) is 2.60. The lowest BCUT2D eigenvalue weighted by Crippen LogP contribution is -2.31. The van der Waals surface area contributed by atoms with Crippen LogP contribution in [0.3, 0.4) is 0 Å². The third kappa shape index (κ3) is 3.63. The Bertz CT molecular complexity index is 614. The molecular formula is C15H15N3S. The van der Waals surface area contributed by atoms with Crippen LogP contribution < -0.4 is 10.7 Å². The van der Waals surface area contributed by atoms with Crippen LogP contribution in [-0.2, 0) is 0 Å². The normalized spacial score (nSPS) is 10.5. The molecule has 2 N–H and O–H groups in total. The number of thiocarbonyl (C=S) groups is 1. The first kappa shape index (κ1) is 13.2. The molecule has 2 aromatic rings. The molecular weight excluding hydrogens is 254 g/mol. The summed E-state index contributed by atoms with van der Waals surface area (Å²) in [4.78, 5) is 0. The van der Waals surface area contributed by atoms with E-state index in [-0.39, 0.29) is 0 Å². The Kier molecular flexibility index (Phi) is 4.64. The van der Waals surface area contributed by atoms with Gasteiger partial charge in [-0.2, -0.15) is 5.10 Å². The molecule has 0 aliphatic heterocycles. The maximum Gasteiger partial charge on any atom is 0.187 e. The number of hydrogen-bond donors (Lipinski definition) is 2. The molecule has 0 bridgehead atoms. The number of hydrogen-bond acceptors (Lipinski definition) is 2. The van der Waals surface area contributed by atoms with Gasteiger partial charge in [0.05, 0.1) is 6.21 Å². The van der Waals surface area contributed by atoms with Gasteiger partial charge in [-0.05, 0) is 23.0 Å². The van der Waals surface area contributed by atoms with Crippen LogP contribution in [0.25, 0.3) is 10.8 Å². The van der Waals surface area contributed by atoms with Crippen molar-refractivity contribution in [2.45, 2.75) is 0 Å². The van der Waals surface area contributed by atoms with Gasteiger partial charge in [-0.1, -0.05) is 48.5 Å². The van der Waals surface area contributed by atoms with Crippen LogP contribution in [0.4, 0.5) is 0 Å². The van der Waals surface area contributed by atoms with Gasteiger partial charge in [0.15, 0.2) is 5.11 Å². The van der Waals surface area contributed by atoms with E-state index in [1.165, 1.54) is 10.8 Å². The lowest BCUT2D eigenvalue weighted by molar-refractivity contribution is 0.942. The molecule has 0 heterocycles. The van der Waals surface area contributed by atoms with E-state index < -0.39 is 0 Å². The predicted molar refractivity (Wildman–Crippen MR) is 85.5 cm³/mol. The minimum Gasteiger partial charge on any atom is -0.358 e. The molecule has 4 heteroatoms. The van der Waals surface area contributed by atoms with E-state index in [1.54, 1.807) is 12.3 Å². The highest BCUT2D eigenvalue weighted by Gasteiger charge is 1.96. The van der Waals surface area contributed by atoms with Gasteiger partial charge in [-0.25, -0.2) is 0 Å². The smallest absolute Gasteiger partial charge is 0.187 e. The van der Waals surface area contributed by atoms with E-state index in [0.717, 1.165) is 5.56 Å². The first-order valence-corrected chi connectivity index (χ1v) is 6.37. The summed E-state index contributed by atoms with van der Waals surface area (Å²) in [5.41, 5.74) is 3.83. The highest BCUT2D eigenvalue weighted by molar-refractivity contribution is 7.80. The van der Waals surface area contributed by atoms with E-state index in [2.05, 4.69) is 40.6 Å². The minimum atomic E-state index is 0.483. The second-order valence-corrected chi connectivity index (χ2v) is 4.35. The summed E-state index contributed by atoms with van der Waals surface area (Å²) >= 11 is 5.05. The summed E-state index contributed by atoms with van der Waals surface area (Å²) in [6.07, 6.45) is 3.51.